The number of fused-ring (bicyclic) bond motifs is 1. The minimum atomic E-state index is -0.681. The Morgan fingerprint density at radius 3 is 2.81 bits per heavy atom. The maximum Gasteiger partial charge on any atom is 0.269 e. The van der Waals surface area contributed by atoms with E-state index in [1.807, 2.05) is 0 Å². The van der Waals surface area contributed by atoms with Crippen molar-refractivity contribution in [1.29, 1.82) is 0 Å². The molecule has 2 heterocycles. The lowest BCUT2D eigenvalue weighted by molar-refractivity contribution is 0.0991. The molecule has 3 N–H and O–H groups in total. The van der Waals surface area contributed by atoms with Gasteiger partial charge in [0.2, 0.25) is 0 Å². The predicted molar refractivity (Wildman–Crippen MR) is 80.0 cm³/mol. The highest BCUT2D eigenvalue weighted by atomic mass is 32.1. The van der Waals surface area contributed by atoms with Crippen LogP contribution in [-0.4, -0.2) is 25.2 Å². The summed E-state index contributed by atoms with van der Waals surface area (Å²) in [5.41, 5.74) is 6.04. The Bertz CT molecular complexity index is 982. The Morgan fingerprint density at radius 2 is 2.10 bits per heavy atom. The van der Waals surface area contributed by atoms with Gasteiger partial charge in [0.1, 0.15) is 11.4 Å². The van der Waals surface area contributed by atoms with Gasteiger partial charge in [-0.1, -0.05) is 12.1 Å². The Balaban J connectivity index is 2.45. The van der Waals surface area contributed by atoms with E-state index in [9.17, 15) is 9.59 Å². The number of para-hydroxylation sites is 1. The molecule has 0 aliphatic carbocycles. The zero-order valence-corrected chi connectivity index (χ0v) is 11.8. The molecule has 0 saturated heterocycles. The average Bonchev–Trinajstić information content (AvgIpc) is 2.80. The lowest BCUT2D eigenvalue weighted by atomic mass is 10.2. The monoisotopic (exact) mass is 301 g/mol. The first-order valence-electron chi connectivity index (χ1n) is 6.07. The van der Waals surface area contributed by atoms with Crippen molar-refractivity contribution in [2.75, 3.05) is 0 Å². The number of carbonyl (C=O) groups excluding carboxylic acids is 1. The molecule has 8 heteroatoms. The van der Waals surface area contributed by atoms with Crippen molar-refractivity contribution in [3.05, 3.63) is 51.3 Å². The smallest absolute Gasteiger partial charge is 0.269 e. The largest absolute Gasteiger partial charge is 0.364 e. The first-order valence-corrected chi connectivity index (χ1v) is 6.48. The normalized spacial score (nSPS) is 10.9. The molecule has 3 aromatic rings. The van der Waals surface area contributed by atoms with Crippen LogP contribution in [0, 0.1) is 4.77 Å². The number of hydrogen-bond acceptors (Lipinski definition) is 4. The number of H-pyrrole nitrogens is 1. The van der Waals surface area contributed by atoms with Crippen molar-refractivity contribution < 1.29 is 4.79 Å². The molecule has 0 radical (unpaired) electrons. The van der Waals surface area contributed by atoms with Crippen LogP contribution in [0.1, 0.15) is 10.5 Å². The summed E-state index contributed by atoms with van der Waals surface area (Å²) >= 11 is 5.22. The standard InChI is InChI=1S/C13H11N5O2S/c1-17-10(11(14)19)9(6-15-17)18-12(20)7-4-2-3-5-8(7)16-13(18)21/h2-6H,1H3,(H2,14,19)(H,16,21). The van der Waals surface area contributed by atoms with Gasteiger partial charge < -0.3 is 10.7 Å². The van der Waals surface area contributed by atoms with Crippen LogP contribution in [0.3, 0.4) is 0 Å². The number of benzene rings is 1. The maximum absolute atomic E-state index is 12.6. The molecule has 0 fully saturated rings. The second-order valence-corrected chi connectivity index (χ2v) is 4.87. The SMILES string of the molecule is Cn1ncc(-n2c(=S)[nH]c3ccccc3c2=O)c1C(N)=O. The fraction of sp³-hybridized carbons (Fsp3) is 0.0769. The third kappa shape index (κ3) is 1.96. The van der Waals surface area contributed by atoms with Crippen LogP contribution in [-0.2, 0) is 7.05 Å². The number of nitrogens with one attached hydrogen (secondary N) is 1. The number of nitrogens with zero attached hydrogens (tertiary/aromatic N) is 3. The van der Waals surface area contributed by atoms with Gasteiger partial charge in [0.25, 0.3) is 11.5 Å². The third-order valence-corrected chi connectivity index (χ3v) is 3.48. The van der Waals surface area contributed by atoms with Crippen LogP contribution in [0.15, 0.2) is 35.3 Å². The van der Waals surface area contributed by atoms with Gasteiger partial charge in [-0.25, -0.2) is 4.57 Å². The summed E-state index contributed by atoms with van der Waals surface area (Å²) in [7, 11) is 1.57. The van der Waals surface area contributed by atoms with E-state index in [2.05, 4.69) is 10.1 Å². The fourth-order valence-corrected chi connectivity index (χ4v) is 2.55. The van der Waals surface area contributed by atoms with Crippen LogP contribution in [0.2, 0.25) is 0 Å². The van der Waals surface area contributed by atoms with Gasteiger partial charge in [-0.2, -0.15) is 5.10 Å². The van der Waals surface area contributed by atoms with Gasteiger partial charge >= 0.3 is 0 Å². The van der Waals surface area contributed by atoms with Crippen molar-refractivity contribution in [1.82, 2.24) is 19.3 Å². The topological polar surface area (TPSA) is 98.7 Å². The highest BCUT2D eigenvalue weighted by Gasteiger charge is 2.18. The third-order valence-electron chi connectivity index (χ3n) is 3.20. The van der Waals surface area contributed by atoms with Gasteiger partial charge in [0, 0.05) is 7.05 Å². The highest BCUT2D eigenvalue weighted by molar-refractivity contribution is 7.71. The number of rotatable bonds is 2. The van der Waals surface area contributed by atoms with Crippen molar-refractivity contribution >= 4 is 29.0 Å². The number of nitrogens with two attached hydrogens (primary N) is 1. The Hall–Kier alpha value is -2.74. The van der Waals surface area contributed by atoms with Crippen molar-refractivity contribution in [3.63, 3.8) is 0 Å². The first kappa shape index (κ1) is 13.3. The quantitative estimate of drug-likeness (QED) is 0.686. The molecule has 0 aliphatic rings. The zero-order chi connectivity index (χ0) is 15.1. The maximum atomic E-state index is 12.6. The van der Waals surface area contributed by atoms with E-state index in [-0.39, 0.29) is 21.7 Å². The summed E-state index contributed by atoms with van der Waals surface area (Å²) in [6, 6.07) is 6.99. The van der Waals surface area contributed by atoms with E-state index in [0.717, 1.165) is 0 Å². The van der Waals surface area contributed by atoms with Gasteiger partial charge in [0.05, 0.1) is 17.1 Å². The van der Waals surface area contributed by atoms with Crippen LogP contribution in [0.5, 0.6) is 0 Å². The fourth-order valence-electron chi connectivity index (χ4n) is 2.26. The number of aromatic nitrogens is 4. The molecular weight excluding hydrogens is 290 g/mol. The van der Waals surface area contributed by atoms with Gasteiger partial charge in [-0.3, -0.25) is 14.3 Å². The van der Waals surface area contributed by atoms with E-state index in [4.69, 9.17) is 18.0 Å². The summed E-state index contributed by atoms with van der Waals surface area (Å²) < 4.78 is 2.72. The Kier molecular flexibility index (Phi) is 2.95. The van der Waals surface area contributed by atoms with E-state index in [1.165, 1.54) is 15.4 Å². The molecule has 0 aliphatic heterocycles. The van der Waals surface area contributed by atoms with E-state index in [0.29, 0.717) is 10.9 Å². The van der Waals surface area contributed by atoms with Gasteiger partial charge in [-0.05, 0) is 24.4 Å². The first-order chi connectivity index (χ1) is 10.0. The van der Waals surface area contributed by atoms with Crippen LogP contribution >= 0.6 is 12.2 Å². The summed E-state index contributed by atoms with van der Waals surface area (Å²) in [6.45, 7) is 0. The summed E-state index contributed by atoms with van der Waals surface area (Å²) in [5.74, 6) is -0.681. The molecule has 3 rings (SSSR count). The molecule has 0 atom stereocenters. The summed E-state index contributed by atoms with van der Waals surface area (Å²) in [6.07, 6.45) is 1.39. The van der Waals surface area contributed by atoms with Crippen molar-refractivity contribution in [2.24, 2.45) is 12.8 Å². The van der Waals surface area contributed by atoms with E-state index in [1.54, 1.807) is 31.3 Å². The molecule has 106 valence electrons. The Morgan fingerprint density at radius 1 is 1.38 bits per heavy atom. The van der Waals surface area contributed by atoms with Gasteiger partial charge in [-0.15, -0.1) is 0 Å². The lowest BCUT2D eigenvalue weighted by Crippen LogP contribution is -2.24. The zero-order valence-electron chi connectivity index (χ0n) is 11.0. The molecule has 1 amide bonds. The number of aryl methyl sites for hydroxylation is 1. The van der Waals surface area contributed by atoms with E-state index < -0.39 is 5.91 Å². The number of carbonyl (C=O) groups is 1. The minimum absolute atomic E-state index is 0.117. The number of primary amides is 1. The highest BCUT2D eigenvalue weighted by Crippen LogP contribution is 2.14. The number of hydrogen-bond donors (Lipinski definition) is 2. The predicted octanol–water partition coefficient (Wildman–Crippen LogP) is 0.881. The number of aromatic amines is 1. The molecule has 0 spiro atoms. The van der Waals surface area contributed by atoms with Crippen LogP contribution in [0.4, 0.5) is 0 Å². The molecular formula is C13H11N5O2S. The number of amides is 1. The lowest BCUT2D eigenvalue weighted by Gasteiger charge is -2.07. The van der Waals surface area contributed by atoms with Crippen molar-refractivity contribution in [3.8, 4) is 5.69 Å². The molecule has 21 heavy (non-hydrogen) atoms. The van der Waals surface area contributed by atoms with Crippen LogP contribution in [0.25, 0.3) is 16.6 Å². The average molecular weight is 301 g/mol. The van der Waals surface area contributed by atoms with E-state index >= 15 is 0 Å². The molecule has 7 nitrogen and oxygen atoms in total. The minimum Gasteiger partial charge on any atom is -0.364 e. The summed E-state index contributed by atoms with van der Waals surface area (Å²) in [5, 5.41) is 4.44. The molecule has 0 unspecified atom stereocenters. The second kappa shape index (κ2) is 4.67. The molecule has 0 saturated carbocycles. The second-order valence-electron chi connectivity index (χ2n) is 4.48. The van der Waals surface area contributed by atoms with Crippen LogP contribution < -0.4 is 11.3 Å². The van der Waals surface area contributed by atoms with Gasteiger partial charge in [0.15, 0.2) is 4.77 Å². The summed E-state index contributed by atoms with van der Waals surface area (Å²) in [4.78, 5) is 27.1. The Labute approximate surface area is 123 Å². The molecule has 0 bridgehead atoms. The molecule has 1 aromatic carbocycles. The molecule has 2 aromatic heterocycles. The van der Waals surface area contributed by atoms with Crippen molar-refractivity contribution in [2.45, 2.75) is 0 Å².